The van der Waals surface area contributed by atoms with E-state index in [9.17, 15) is 13.2 Å². The van der Waals surface area contributed by atoms with Crippen LogP contribution in [-0.4, -0.2) is 42.7 Å². The highest BCUT2D eigenvalue weighted by molar-refractivity contribution is 5.70. The lowest BCUT2D eigenvalue weighted by molar-refractivity contribution is -0.252. The van der Waals surface area contributed by atoms with E-state index in [2.05, 4.69) is 12.0 Å². The van der Waals surface area contributed by atoms with Gasteiger partial charge in [0, 0.05) is 13.7 Å². The number of halogens is 3. The van der Waals surface area contributed by atoms with Gasteiger partial charge < -0.3 is 9.47 Å². The van der Waals surface area contributed by atoms with Crippen molar-refractivity contribution < 1.29 is 22.6 Å². The second kappa shape index (κ2) is 14.8. The molecule has 0 bridgehead atoms. The summed E-state index contributed by atoms with van der Waals surface area (Å²) >= 11 is 0. The number of benzene rings is 3. The van der Waals surface area contributed by atoms with Crippen molar-refractivity contribution in [3.63, 3.8) is 0 Å². The van der Waals surface area contributed by atoms with E-state index in [1.807, 2.05) is 66.7 Å². The number of hydrogen-bond acceptors (Lipinski definition) is 4. The summed E-state index contributed by atoms with van der Waals surface area (Å²) in [7, 11) is 1.67. The van der Waals surface area contributed by atoms with Gasteiger partial charge in [-0.05, 0) is 42.4 Å². The minimum absolute atomic E-state index is 0.152. The Labute approximate surface area is 248 Å². The molecule has 0 spiro atoms. The van der Waals surface area contributed by atoms with Crippen molar-refractivity contribution >= 4 is 6.21 Å². The second-order valence-electron chi connectivity index (χ2n) is 11.1. The first-order valence-corrected chi connectivity index (χ1v) is 15.1. The largest absolute Gasteiger partial charge is 0.422 e. The third-order valence-corrected chi connectivity index (χ3v) is 8.31. The summed E-state index contributed by atoms with van der Waals surface area (Å²) in [6.07, 6.45) is 1.77. The van der Waals surface area contributed by atoms with E-state index >= 15 is 0 Å². The van der Waals surface area contributed by atoms with Crippen molar-refractivity contribution in [3.05, 3.63) is 108 Å². The summed E-state index contributed by atoms with van der Waals surface area (Å²) < 4.78 is 57.2. The monoisotopic (exact) mass is 580 g/mol. The van der Waals surface area contributed by atoms with Crippen molar-refractivity contribution in [2.75, 3.05) is 13.7 Å². The van der Waals surface area contributed by atoms with Crippen molar-refractivity contribution in [3.8, 4) is 0 Å². The zero-order valence-corrected chi connectivity index (χ0v) is 24.7. The van der Waals surface area contributed by atoms with Gasteiger partial charge in [-0.2, -0.15) is 18.3 Å². The third-order valence-electron chi connectivity index (χ3n) is 8.31. The molecule has 0 N–H and O–H groups in total. The maximum Gasteiger partial charge on any atom is 0.422 e. The second-order valence-corrected chi connectivity index (χ2v) is 11.1. The van der Waals surface area contributed by atoms with Gasteiger partial charge in [-0.3, -0.25) is 5.01 Å². The fourth-order valence-corrected chi connectivity index (χ4v) is 6.01. The van der Waals surface area contributed by atoms with E-state index in [0.29, 0.717) is 18.5 Å². The normalized spacial score (nSPS) is 17.5. The molecule has 3 aromatic rings. The minimum atomic E-state index is -4.64. The lowest BCUT2D eigenvalue weighted by Gasteiger charge is -2.42. The molecule has 1 fully saturated rings. The van der Waals surface area contributed by atoms with Crippen LogP contribution >= 0.6 is 0 Å². The Morgan fingerprint density at radius 2 is 1.40 bits per heavy atom. The molecule has 1 saturated heterocycles. The number of ether oxygens (including phenoxy) is 2. The van der Waals surface area contributed by atoms with Crippen molar-refractivity contribution in [1.29, 1.82) is 0 Å². The van der Waals surface area contributed by atoms with Gasteiger partial charge in [0.15, 0.2) is 0 Å². The maximum absolute atomic E-state index is 15.0. The van der Waals surface area contributed by atoms with Crippen LogP contribution in [0, 0.1) is 0 Å². The van der Waals surface area contributed by atoms with E-state index in [1.54, 1.807) is 36.4 Å². The first-order valence-electron chi connectivity index (χ1n) is 15.1. The Morgan fingerprint density at radius 1 is 0.833 bits per heavy atom. The molecule has 0 aliphatic carbocycles. The Bertz CT molecular complexity index is 1180. The number of methoxy groups -OCH3 is 1. The Kier molecular flexibility index (Phi) is 11.2. The summed E-state index contributed by atoms with van der Waals surface area (Å²) in [4.78, 5) is 0. The number of nitrogens with zero attached hydrogens (tertiary/aromatic N) is 2. The standard InChI is InChI=1S/C35H43F3N2O2/c1-3-4-5-6-16-25-33(35(36,37)38,42-27-29-18-10-7-11-19-29)28-39-40-26-17-24-32(40)34(41-2,30-20-12-8-13-21-30)31-22-14-9-15-23-31/h7-15,18-23,28,32H,3-6,16-17,24-27H2,1-2H3/b39-28+/t32-,33-/m0/s1. The van der Waals surface area contributed by atoms with Crippen LogP contribution in [0.3, 0.4) is 0 Å². The summed E-state index contributed by atoms with van der Waals surface area (Å²) in [6.45, 7) is 2.46. The van der Waals surface area contributed by atoms with E-state index < -0.39 is 17.4 Å². The molecule has 0 aromatic heterocycles. The van der Waals surface area contributed by atoms with Crippen LogP contribution in [0.4, 0.5) is 13.2 Å². The fraction of sp³-hybridized carbons (Fsp3) is 0.457. The average Bonchev–Trinajstić information content (AvgIpc) is 3.49. The summed E-state index contributed by atoms with van der Waals surface area (Å²) in [5, 5.41) is 6.40. The number of hydrogen-bond donors (Lipinski definition) is 0. The molecule has 0 amide bonds. The summed E-state index contributed by atoms with van der Waals surface area (Å²) in [6, 6.07) is 28.5. The Balaban J connectivity index is 1.70. The Hall–Kier alpha value is -3.16. The molecule has 4 nitrogen and oxygen atoms in total. The van der Waals surface area contributed by atoms with Crippen LogP contribution in [0.15, 0.2) is 96.1 Å². The van der Waals surface area contributed by atoms with Crippen LogP contribution in [0.25, 0.3) is 0 Å². The van der Waals surface area contributed by atoms with Gasteiger partial charge >= 0.3 is 6.18 Å². The molecule has 0 radical (unpaired) electrons. The van der Waals surface area contributed by atoms with Crippen LogP contribution in [-0.2, 0) is 21.7 Å². The SMILES string of the molecule is CCCCCCC[C@@](/C=N/N1CCC[C@H]1C(OC)(c1ccccc1)c1ccccc1)(OCc1ccccc1)C(F)(F)F. The van der Waals surface area contributed by atoms with Crippen LogP contribution in [0.2, 0.25) is 0 Å². The zero-order chi connectivity index (χ0) is 29.9. The molecule has 1 aliphatic rings. The number of hydrazone groups is 1. The molecular weight excluding hydrogens is 537 g/mol. The molecule has 3 aromatic carbocycles. The van der Waals surface area contributed by atoms with Crippen molar-refractivity contribution in [1.82, 2.24) is 5.01 Å². The van der Waals surface area contributed by atoms with Crippen LogP contribution in [0.5, 0.6) is 0 Å². The smallest absolute Gasteiger partial charge is 0.367 e. The lowest BCUT2D eigenvalue weighted by Crippen LogP contribution is -2.51. The molecule has 2 atom stereocenters. The molecule has 4 rings (SSSR count). The number of unbranched alkanes of at least 4 members (excludes halogenated alkanes) is 4. The van der Waals surface area contributed by atoms with E-state index in [0.717, 1.165) is 55.9 Å². The van der Waals surface area contributed by atoms with Gasteiger partial charge in [0.25, 0.3) is 0 Å². The van der Waals surface area contributed by atoms with Crippen molar-refractivity contribution in [2.24, 2.45) is 5.10 Å². The average molecular weight is 581 g/mol. The van der Waals surface area contributed by atoms with Gasteiger partial charge in [-0.1, -0.05) is 124 Å². The summed E-state index contributed by atoms with van der Waals surface area (Å²) in [5.74, 6) is 0. The lowest BCUT2D eigenvalue weighted by atomic mass is 9.79. The quantitative estimate of drug-likeness (QED) is 0.133. The summed E-state index contributed by atoms with van der Waals surface area (Å²) in [5.41, 5.74) is -0.857. The first-order chi connectivity index (χ1) is 20.4. The van der Waals surface area contributed by atoms with Gasteiger partial charge in [0.05, 0.1) is 18.9 Å². The van der Waals surface area contributed by atoms with Crippen molar-refractivity contribution in [2.45, 2.75) is 88.3 Å². The van der Waals surface area contributed by atoms with Crippen LogP contribution in [0.1, 0.15) is 75.0 Å². The maximum atomic E-state index is 15.0. The molecule has 42 heavy (non-hydrogen) atoms. The van der Waals surface area contributed by atoms with Crippen LogP contribution < -0.4 is 0 Å². The predicted octanol–water partition coefficient (Wildman–Crippen LogP) is 8.91. The first kappa shape index (κ1) is 31.8. The van der Waals surface area contributed by atoms with Gasteiger partial charge in [0.2, 0.25) is 5.60 Å². The molecule has 1 heterocycles. The topological polar surface area (TPSA) is 34.1 Å². The predicted molar refractivity (Wildman–Crippen MR) is 162 cm³/mol. The molecule has 1 aliphatic heterocycles. The number of alkyl halides is 3. The minimum Gasteiger partial charge on any atom is -0.367 e. The Morgan fingerprint density at radius 3 is 1.95 bits per heavy atom. The molecule has 0 saturated carbocycles. The highest BCUT2D eigenvalue weighted by atomic mass is 19.4. The zero-order valence-electron chi connectivity index (χ0n) is 24.7. The molecule has 0 unspecified atom stereocenters. The molecule has 226 valence electrons. The van der Waals surface area contributed by atoms with E-state index in [-0.39, 0.29) is 19.1 Å². The van der Waals surface area contributed by atoms with E-state index in [1.165, 1.54) is 0 Å². The van der Waals surface area contributed by atoms with E-state index in [4.69, 9.17) is 9.47 Å². The van der Waals surface area contributed by atoms with Gasteiger partial charge in [0.1, 0.15) is 5.60 Å². The number of rotatable bonds is 15. The third kappa shape index (κ3) is 7.24. The highest BCUT2D eigenvalue weighted by Crippen LogP contribution is 2.44. The highest BCUT2D eigenvalue weighted by Gasteiger charge is 2.55. The molecule has 7 heteroatoms. The van der Waals surface area contributed by atoms with Gasteiger partial charge in [-0.15, -0.1) is 0 Å². The fourth-order valence-electron chi connectivity index (χ4n) is 6.01. The van der Waals surface area contributed by atoms with Gasteiger partial charge in [-0.25, -0.2) is 0 Å². The molecular formula is C35H43F3N2O2.